The Hall–Kier alpha value is -0.880. The molecule has 0 saturated heterocycles. The molecule has 0 aliphatic rings. The van der Waals surface area contributed by atoms with Crippen molar-refractivity contribution < 1.29 is 4.52 Å². The van der Waals surface area contributed by atoms with E-state index in [0.717, 1.165) is 15.5 Å². The van der Waals surface area contributed by atoms with Crippen LogP contribution in [-0.4, -0.2) is 10.1 Å². The van der Waals surface area contributed by atoms with Crippen LogP contribution in [0.4, 0.5) is 5.13 Å². The van der Waals surface area contributed by atoms with E-state index >= 15 is 0 Å². The first kappa shape index (κ1) is 8.71. The van der Waals surface area contributed by atoms with Gasteiger partial charge in [0.25, 0.3) is 0 Å². The van der Waals surface area contributed by atoms with Crippen LogP contribution in [0.15, 0.2) is 26.8 Å². The smallest absolute Gasteiger partial charge is 0.184 e. The highest BCUT2D eigenvalue weighted by Gasteiger charge is 2.00. The number of aromatic nitrogens is 2. The van der Waals surface area contributed by atoms with E-state index in [0.29, 0.717) is 6.54 Å². The van der Waals surface area contributed by atoms with Crippen LogP contribution in [0.2, 0.25) is 0 Å². The maximum Gasteiger partial charge on any atom is 0.184 e. The second-order valence-electron chi connectivity index (χ2n) is 2.31. The average molecular weight is 260 g/mol. The SMILES string of the molecule is Brc1csc(NCc2ccno2)n1. The summed E-state index contributed by atoms with van der Waals surface area (Å²) in [7, 11) is 0. The van der Waals surface area contributed by atoms with E-state index in [1.807, 2.05) is 11.4 Å². The third-order valence-corrected chi connectivity index (χ3v) is 2.89. The van der Waals surface area contributed by atoms with Crippen molar-refractivity contribution in [3.05, 3.63) is 28.0 Å². The summed E-state index contributed by atoms with van der Waals surface area (Å²) >= 11 is 4.81. The molecular weight excluding hydrogens is 254 g/mol. The van der Waals surface area contributed by atoms with Crippen molar-refractivity contribution in [3.8, 4) is 0 Å². The van der Waals surface area contributed by atoms with E-state index in [1.165, 1.54) is 0 Å². The summed E-state index contributed by atoms with van der Waals surface area (Å²) in [4.78, 5) is 4.17. The fraction of sp³-hybridized carbons (Fsp3) is 0.143. The topological polar surface area (TPSA) is 51.0 Å². The molecule has 4 nitrogen and oxygen atoms in total. The van der Waals surface area contributed by atoms with Gasteiger partial charge in [0.05, 0.1) is 12.7 Å². The summed E-state index contributed by atoms with van der Waals surface area (Å²) in [6.07, 6.45) is 1.62. The van der Waals surface area contributed by atoms with Gasteiger partial charge in [-0.2, -0.15) is 0 Å². The molecule has 0 aliphatic carbocycles. The maximum atomic E-state index is 4.91. The Bertz CT molecular complexity index is 373. The Labute approximate surface area is 87.1 Å². The van der Waals surface area contributed by atoms with E-state index in [9.17, 15) is 0 Å². The van der Waals surface area contributed by atoms with Crippen LogP contribution < -0.4 is 5.32 Å². The lowest BCUT2D eigenvalue weighted by molar-refractivity contribution is 0.388. The zero-order valence-electron chi connectivity index (χ0n) is 6.53. The minimum absolute atomic E-state index is 0.611. The van der Waals surface area contributed by atoms with Gasteiger partial charge in [-0.3, -0.25) is 0 Å². The molecule has 0 radical (unpaired) electrons. The van der Waals surface area contributed by atoms with E-state index in [-0.39, 0.29) is 0 Å². The Kier molecular flexibility index (Phi) is 2.60. The van der Waals surface area contributed by atoms with Crippen LogP contribution in [0.25, 0.3) is 0 Å². The predicted octanol–water partition coefficient (Wildman–Crippen LogP) is 2.51. The first-order valence-corrected chi connectivity index (χ1v) is 5.26. The Morgan fingerprint density at radius 3 is 3.15 bits per heavy atom. The summed E-state index contributed by atoms with van der Waals surface area (Å²) in [6, 6.07) is 1.82. The molecule has 0 spiro atoms. The van der Waals surface area contributed by atoms with Gasteiger partial charge < -0.3 is 9.84 Å². The number of thiazole rings is 1. The Morgan fingerprint density at radius 2 is 2.54 bits per heavy atom. The van der Waals surface area contributed by atoms with Gasteiger partial charge in [-0.05, 0) is 15.9 Å². The van der Waals surface area contributed by atoms with Crippen molar-refractivity contribution in [3.63, 3.8) is 0 Å². The van der Waals surface area contributed by atoms with Crippen molar-refractivity contribution in [2.24, 2.45) is 0 Å². The second kappa shape index (κ2) is 3.89. The van der Waals surface area contributed by atoms with Gasteiger partial charge in [-0.1, -0.05) is 5.16 Å². The molecule has 68 valence electrons. The first-order valence-electron chi connectivity index (χ1n) is 3.59. The number of anilines is 1. The largest absolute Gasteiger partial charge is 0.360 e. The Balaban J connectivity index is 1.93. The standard InChI is InChI=1S/C7H6BrN3OS/c8-6-4-13-7(11-6)9-3-5-1-2-10-12-5/h1-2,4H,3H2,(H,9,11). The molecule has 2 aromatic heterocycles. The van der Waals surface area contributed by atoms with Gasteiger partial charge in [0, 0.05) is 11.4 Å². The summed E-state index contributed by atoms with van der Waals surface area (Å²) in [6.45, 7) is 0.611. The average Bonchev–Trinajstić information content (AvgIpc) is 2.71. The lowest BCUT2D eigenvalue weighted by Gasteiger charge is -1.96. The fourth-order valence-corrected chi connectivity index (χ4v) is 1.97. The van der Waals surface area contributed by atoms with E-state index in [2.05, 4.69) is 31.4 Å². The molecule has 0 atom stereocenters. The van der Waals surface area contributed by atoms with Crippen molar-refractivity contribution in [1.82, 2.24) is 10.1 Å². The van der Waals surface area contributed by atoms with Crippen molar-refractivity contribution in [2.75, 3.05) is 5.32 Å². The monoisotopic (exact) mass is 259 g/mol. The van der Waals surface area contributed by atoms with Crippen molar-refractivity contribution >= 4 is 32.4 Å². The van der Waals surface area contributed by atoms with Crippen LogP contribution in [0, 0.1) is 0 Å². The lowest BCUT2D eigenvalue weighted by atomic mass is 10.5. The van der Waals surface area contributed by atoms with Crippen LogP contribution in [0.5, 0.6) is 0 Å². The predicted molar refractivity (Wildman–Crippen MR) is 53.6 cm³/mol. The molecule has 0 saturated carbocycles. The van der Waals surface area contributed by atoms with Crippen LogP contribution in [0.1, 0.15) is 5.76 Å². The maximum absolute atomic E-state index is 4.91. The molecule has 6 heteroatoms. The summed E-state index contributed by atoms with van der Waals surface area (Å²) in [5, 5.41) is 9.49. The van der Waals surface area contributed by atoms with Gasteiger partial charge in [-0.15, -0.1) is 11.3 Å². The molecule has 0 fully saturated rings. The fourth-order valence-electron chi connectivity index (χ4n) is 0.831. The van der Waals surface area contributed by atoms with Crippen LogP contribution >= 0.6 is 27.3 Å². The van der Waals surface area contributed by atoms with Gasteiger partial charge in [0.1, 0.15) is 4.60 Å². The van der Waals surface area contributed by atoms with Gasteiger partial charge in [-0.25, -0.2) is 4.98 Å². The third-order valence-electron chi connectivity index (χ3n) is 1.38. The zero-order chi connectivity index (χ0) is 9.10. The number of rotatable bonds is 3. The normalized spacial score (nSPS) is 10.2. The van der Waals surface area contributed by atoms with E-state index in [1.54, 1.807) is 17.5 Å². The highest BCUT2D eigenvalue weighted by molar-refractivity contribution is 9.10. The highest BCUT2D eigenvalue weighted by Crippen LogP contribution is 2.19. The van der Waals surface area contributed by atoms with Crippen LogP contribution in [-0.2, 0) is 6.54 Å². The number of hydrogen-bond acceptors (Lipinski definition) is 5. The zero-order valence-corrected chi connectivity index (χ0v) is 8.93. The highest BCUT2D eigenvalue weighted by atomic mass is 79.9. The quantitative estimate of drug-likeness (QED) is 0.921. The van der Waals surface area contributed by atoms with Gasteiger partial charge >= 0.3 is 0 Å². The number of halogens is 1. The number of nitrogens with zero attached hydrogens (tertiary/aromatic N) is 2. The van der Waals surface area contributed by atoms with Crippen molar-refractivity contribution in [2.45, 2.75) is 6.54 Å². The van der Waals surface area contributed by atoms with Crippen LogP contribution in [0.3, 0.4) is 0 Å². The van der Waals surface area contributed by atoms with Gasteiger partial charge in [0.2, 0.25) is 0 Å². The molecule has 2 aromatic rings. The van der Waals surface area contributed by atoms with E-state index in [4.69, 9.17) is 4.52 Å². The minimum atomic E-state index is 0.611. The molecule has 0 aromatic carbocycles. The molecule has 1 N–H and O–H groups in total. The molecule has 0 bridgehead atoms. The molecule has 0 amide bonds. The molecule has 13 heavy (non-hydrogen) atoms. The summed E-state index contributed by atoms with van der Waals surface area (Å²) in [5.41, 5.74) is 0. The Morgan fingerprint density at radius 1 is 1.62 bits per heavy atom. The summed E-state index contributed by atoms with van der Waals surface area (Å²) in [5.74, 6) is 0.798. The minimum Gasteiger partial charge on any atom is -0.360 e. The summed E-state index contributed by atoms with van der Waals surface area (Å²) < 4.78 is 5.76. The first-order chi connectivity index (χ1) is 6.34. The third kappa shape index (κ3) is 2.28. The number of hydrogen-bond donors (Lipinski definition) is 1. The molecule has 0 unspecified atom stereocenters. The van der Waals surface area contributed by atoms with Gasteiger partial charge in [0.15, 0.2) is 10.9 Å². The molecule has 0 aliphatic heterocycles. The molecule has 2 rings (SSSR count). The lowest BCUT2D eigenvalue weighted by Crippen LogP contribution is -1.96. The molecular formula is C7H6BrN3OS. The van der Waals surface area contributed by atoms with Crippen molar-refractivity contribution in [1.29, 1.82) is 0 Å². The van der Waals surface area contributed by atoms with E-state index < -0.39 is 0 Å². The second-order valence-corrected chi connectivity index (χ2v) is 3.98. The molecule has 2 heterocycles. The number of nitrogens with one attached hydrogen (secondary N) is 1.